The van der Waals surface area contributed by atoms with Crippen molar-refractivity contribution in [3.05, 3.63) is 71.9 Å². The van der Waals surface area contributed by atoms with Crippen LogP contribution < -0.4 is 9.47 Å². The topological polar surface area (TPSA) is 74.3 Å². The van der Waals surface area contributed by atoms with E-state index in [9.17, 15) is 9.59 Å². The van der Waals surface area contributed by atoms with E-state index in [4.69, 9.17) is 18.9 Å². The number of ketones is 1. The molecule has 32 heavy (non-hydrogen) atoms. The van der Waals surface area contributed by atoms with E-state index in [1.165, 1.54) is 0 Å². The van der Waals surface area contributed by atoms with Crippen molar-refractivity contribution < 1.29 is 28.5 Å². The Labute approximate surface area is 187 Å². The largest absolute Gasteiger partial charge is 0.497 e. The first-order chi connectivity index (χ1) is 15.6. The highest BCUT2D eigenvalue weighted by atomic mass is 16.7. The number of benzene rings is 2. The molecule has 0 aromatic heterocycles. The molecule has 2 aromatic carbocycles. The minimum absolute atomic E-state index is 0.00414. The number of hydrogen-bond acceptors (Lipinski definition) is 6. The molecule has 0 bridgehead atoms. The molecule has 2 aliphatic heterocycles. The number of para-hydroxylation sites is 1. The molecule has 1 atom stereocenters. The Balaban J connectivity index is 1.56. The molecule has 2 heterocycles. The zero-order chi connectivity index (χ0) is 22.3. The Hall–Kier alpha value is -3.16. The second-order valence-corrected chi connectivity index (χ2v) is 7.77. The van der Waals surface area contributed by atoms with Crippen molar-refractivity contribution >= 4 is 11.9 Å². The molecule has 168 valence electrons. The SMILES string of the molecule is COc1ccc(CC2CC(=O)C=C(CCC3OCCO3)N2C(=O)Oc2ccccc2)cc1. The normalized spacial score (nSPS) is 19.0. The predicted molar refractivity (Wildman–Crippen MR) is 117 cm³/mol. The highest BCUT2D eigenvalue weighted by Gasteiger charge is 2.34. The Morgan fingerprint density at radius 1 is 1.03 bits per heavy atom. The molecule has 7 nitrogen and oxygen atoms in total. The van der Waals surface area contributed by atoms with Crippen molar-refractivity contribution in [2.45, 2.75) is 38.0 Å². The van der Waals surface area contributed by atoms with Gasteiger partial charge in [0.25, 0.3) is 0 Å². The maximum Gasteiger partial charge on any atom is 0.419 e. The lowest BCUT2D eigenvalue weighted by Gasteiger charge is -2.35. The number of amides is 1. The van der Waals surface area contributed by atoms with Gasteiger partial charge in [-0.2, -0.15) is 0 Å². The predicted octanol–water partition coefficient (Wildman–Crippen LogP) is 4.12. The molecule has 4 rings (SSSR count). The average Bonchev–Trinajstić information content (AvgIpc) is 3.32. The summed E-state index contributed by atoms with van der Waals surface area (Å²) in [5.74, 6) is 1.21. The number of rotatable bonds is 7. The second-order valence-electron chi connectivity index (χ2n) is 7.77. The number of allylic oxidation sites excluding steroid dienone is 2. The Kier molecular flexibility index (Phi) is 7.19. The maximum atomic E-state index is 13.3. The van der Waals surface area contributed by atoms with Gasteiger partial charge in [-0.3, -0.25) is 9.69 Å². The van der Waals surface area contributed by atoms with E-state index in [0.717, 1.165) is 11.3 Å². The lowest BCUT2D eigenvalue weighted by atomic mass is 9.94. The van der Waals surface area contributed by atoms with Gasteiger partial charge in [-0.05, 0) is 42.7 Å². The van der Waals surface area contributed by atoms with Gasteiger partial charge < -0.3 is 18.9 Å². The highest BCUT2D eigenvalue weighted by Crippen LogP contribution is 2.29. The van der Waals surface area contributed by atoms with E-state index in [1.807, 2.05) is 42.5 Å². The summed E-state index contributed by atoms with van der Waals surface area (Å²) in [6.45, 7) is 1.12. The van der Waals surface area contributed by atoms with Crippen LogP contribution in [0.25, 0.3) is 0 Å². The molecular formula is C25H27NO6. The fourth-order valence-electron chi connectivity index (χ4n) is 4.01. The van der Waals surface area contributed by atoms with Crippen LogP contribution in [0.2, 0.25) is 0 Å². The summed E-state index contributed by atoms with van der Waals surface area (Å²) < 4.78 is 21.9. The second kappa shape index (κ2) is 10.4. The van der Waals surface area contributed by atoms with E-state index in [1.54, 1.807) is 30.2 Å². The van der Waals surface area contributed by atoms with Crippen LogP contribution in [0, 0.1) is 0 Å². The number of methoxy groups -OCH3 is 1. The van der Waals surface area contributed by atoms with Gasteiger partial charge in [0.15, 0.2) is 12.1 Å². The summed E-state index contributed by atoms with van der Waals surface area (Å²) in [4.78, 5) is 27.4. The minimum Gasteiger partial charge on any atom is -0.497 e. The van der Waals surface area contributed by atoms with Gasteiger partial charge >= 0.3 is 6.09 Å². The van der Waals surface area contributed by atoms with Gasteiger partial charge in [-0.15, -0.1) is 0 Å². The number of carbonyl (C=O) groups excluding carboxylic acids is 2. The molecule has 0 saturated carbocycles. The van der Waals surface area contributed by atoms with E-state index in [0.29, 0.717) is 43.9 Å². The standard InChI is InChI=1S/C25H27NO6/c1-29-22-10-7-18(8-11-22)15-20-17-21(27)16-19(9-12-24-30-13-14-31-24)26(20)25(28)32-23-5-3-2-4-6-23/h2-8,10-11,16,20,24H,9,12-15,17H2,1H3. The zero-order valence-electron chi connectivity index (χ0n) is 18.1. The number of hydrogen-bond donors (Lipinski definition) is 0. The van der Waals surface area contributed by atoms with Crippen molar-refractivity contribution in [2.24, 2.45) is 0 Å². The van der Waals surface area contributed by atoms with Gasteiger partial charge in [-0.1, -0.05) is 30.3 Å². The average molecular weight is 437 g/mol. The van der Waals surface area contributed by atoms with Gasteiger partial charge in [0, 0.05) is 24.6 Å². The summed E-state index contributed by atoms with van der Waals surface area (Å²) in [5, 5.41) is 0. The molecule has 1 unspecified atom stereocenters. The van der Waals surface area contributed by atoms with Crippen LogP contribution in [0.5, 0.6) is 11.5 Å². The fraction of sp³-hybridized carbons (Fsp3) is 0.360. The van der Waals surface area contributed by atoms with E-state index >= 15 is 0 Å². The number of ether oxygens (including phenoxy) is 4. The molecule has 2 aromatic rings. The highest BCUT2D eigenvalue weighted by molar-refractivity contribution is 5.93. The minimum atomic E-state index is -0.498. The Morgan fingerprint density at radius 3 is 2.44 bits per heavy atom. The molecule has 7 heteroatoms. The van der Waals surface area contributed by atoms with Crippen LogP contribution in [0.4, 0.5) is 4.79 Å². The van der Waals surface area contributed by atoms with Gasteiger partial charge in [-0.25, -0.2) is 4.79 Å². The monoisotopic (exact) mass is 437 g/mol. The van der Waals surface area contributed by atoms with Crippen molar-refractivity contribution in [3.63, 3.8) is 0 Å². The van der Waals surface area contributed by atoms with Crippen LogP contribution in [0.15, 0.2) is 66.4 Å². The maximum absolute atomic E-state index is 13.3. The molecule has 0 aliphatic carbocycles. The first-order valence-electron chi connectivity index (χ1n) is 10.8. The first kappa shape index (κ1) is 22.0. The third-order valence-electron chi connectivity index (χ3n) is 5.54. The molecule has 0 N–H and O–H groups in total. The fourth-order valence-corrected chi connectivity index (χ4v) is 4.01. The molecular weight excluding hydrogens is 410 g/mol. The summed E-state index contributed by atoms with van der Waals surface area (Å²) in [6, 6.07) is 16.2. The molecule has 1 saturated heterocycles. The smallest absolute Gasteiger partial charge is 0.419 e. The molecule has 2 aliphatic rings. The summed E-state index contributed by atoms with van der Waals surface area (Å²) >= 11 is 0. The van der Waals surface area contributed by atoms with Crippen molar-refractivity contribution in [1.82, 2.24) is 4.90 Å². The molecule has 0 spiro atoms. The van der Waals surface area contributed by atoms with Crippen LogP contribution in [-0.2, 0) is 20.7 Å². The van der Waals surface area contributed by atoms with E-state index < -0.39 is 6.09 Å². The lowest BCUT2D eigenvalue weighted by molar-refractivity contribution is -0.116. The number of carbonyl (C=O) groups is 2. The van der Waals surface area contributed by atoms with Gasteiger partial charge in [0.05, 0.1) is 26.4 Å². The molecule has 1 fully saturated rings. The van der Waals surface area contributed by atoms with E-state index in [-0.39, 0.29) is 24.5 Å². The van der Waals surface area contributed by atoms with Crippen LogP contribution in [-0.4, -0.2) is 49.4 Å². The summed E-state index contributed by atoms with van der Waals surface area (Å²) in [7, 11) is 1.62. The van der Waals surface area contributed by atoms with E-state index in [2.05, 4.69) is 0 Å². The molecule has 1 amide bonds. The summed E-state index contributed by atoms with van der Waals surface area (Å²) in [6.07, 6.45) is 2.51. The van der Waals surface area contributed by atoms with Gasteiger partial charge in [0.1, 0.15) is 11.5 Å². The summed E-state index contributed by atoms with van der Waals surface area (Å²) in [5.41, 5.74) is 1.63. The Bertz CT molecular complexity index is 950. The van der Waals surface area contributed by atoms with Crippen molar-refractivity contribution in [3.8, 4) is 11.5 Å². The number of nitrogens with zero attached hydrogens (tertiary/aromatic N) is 1. The quantitative estimate of drug-likeness (QED) is 0.649. The third kappa shape index (κ3) is 5.55. The third-order valence-corrected chi connectivity index (χ3v) is 5.54. The van der Waals surface area contributed by atoms with Gasteiger partial charge in [0.2, 0.25) is 0 Å². The van der Waals surface area contributed by atoms with Crippen LogP contribution in [0.3, 0.4) is 0 Å². The van der Waals surface area contributed by atoms with Crippen molar-refractivity contribution in [2.75, 3.05) is 20.3 Å². The lowest BCUT2D eigenvalue weighted by Crippen LogP contribution is -2.46. The molecule has 0 radical (unpaired) electrons. The Morgan fingerprint density at radius 2 is 1.75 bits per heavy atom. The van der Waals surface area contributed by atoms with Crippen molar-refractivity contribution in [1.29, 1.82) is 0 Å². The first-order valence-corrected chi connectivity index (χ1v) is 10.8. The van der Waals surface area contributed by atoms with Crippen LogP contribution >= 0.6 is 0 Å². The van der Waals surface area contributed by atoms with Crippen LogP contribution in [0.1, 0.15) is 24.8 Å². The zero-order valence-corrected chi connectivity index (χ0v) is 18.1.